The molecule has 0 spiro atoms. The molecule has 0 amide bonds. The van der Waals surface area contributed by atoms with E-state index in [2.05, 4.69) is 15.1 Å². The molecule has 2 aromatic heterocycles. The lowest BCUT2D eigenvalue weighted by Gasteiger charge is -2.02. The van der Waals surface area contributed by atoms with Crippen molar-refractivity contribution in [2.45, 2.75) is 13.5 Å². The Balaban J connectivity index is 2.06. The normalized spacial score (nSPS) is 10.3. The average Bonchev–Trinajstić information content (AvgIpc) is 2.72. The fourth-order valence-electron chi connectivity index (χ4n) is 1.22. The van der Waals surface area contributed by atoms with E-state index in [0.717, 1.165) is 0 Å². The van der Waals surface area contributed by atoms with Crippen LogP contribution in [0.5, 0.6) is 5.88 Å². The number of pyridine rings is 1. The van der Waals surface area contributed by atoms with Gasteiger partial charge in [-0.05, 0) is 6.92 Å². The van der Waals surface area contributed by atoms with E-state index in [1.165, 1.54) is 12.1 Å². The van der Waals surface area contributed by atoms with Crippen molar-refractivity contribution in [1.82, 2.24) is 15.1 Å². The molecule has 2 rings (SSSR count). The minimum absolute atomic E-state index is 0.0189. The van der Waals surface area contributed by atoms with Gasteiger partial charge in [0.25, 0.3) is 5.89 Å². The molecule has 9 heteroatoms. The number of nitrogens with zero attached hydrogens (tertiary/aromatic N) is 4. The summed E-state index contributed by atoms with van der Waals surface area (Å²) in [6, 6.07) is 2.56. The fourth-order valence-corrected chi connectivity index (χ4v) is 1.22. The van der Waals surface area contributed by atoms with Crippen molar-refractivity contribution in [1.29, 1.82) is 0 Å². The third-order valence-electron chi connectivity index (χ3n) is 1.99. The minimum atomic E-state index is -0.618. The van der Waals surface area contributed by atoms with Crippen molar-refractivity contribution in [3.05, 3.63) is 34.0 Å². The smallest absolute Gasteiger partial charge is 0.311 e. The highest BCUT2D eigenvalue weighted by Gasteiger charge is 2.13. The Bertz CT molecular complexity index is 582. The summed E-state index contributed by atoms with van der Waals surface area (Å²) >= 11 is 0. The molecule has 94 valence electrons. The lowest BCUT2D eigenvalue weighted by molar-refractivity contribution is -0.384. The van der Waals surface area contributed by atoms with Crippen molar-refractivity contribution >= 4 is 11.5 Å². The number of hydrogen-bond acceptors (Lipinski definition) is 8. The van der Waals surface area contributed by atoms with Crippen LogP contribution >= 0.6 is 0 Å². The van der Waals surface area contributed by atoms with Crippen LogP contribution in [0, 0.1) is 17.0 Å². The molecule has 2 aromatic rings. The summed E-state index contributed by atoms with van der Waals surface area (Å²) in [5, 5.41) is 14.1. The third-order valence-corrected chi connectivity index (χ3v) is 1.99. The van der Waals surface area contributed by atoms with Gasteiger partial charge in [0, 0.05) is 12.1 Å². The van der Waals surface area contributed by atoms with E-state index in [-0.39, 0.29) is 29.9 Å². The molecule has 0 saturated heterocycles. The van der Waals surface area contributed by atoms with Gasteiger partial charge in [0.1, 0.15) is 0 Å². The van der Waals surface area contributed by atoms with E-state index in [1.54, 1.807) is 6.92 Å². The zero-order chi connectivity index (χ0) is 13.1. The number of hydrogen-bond donors (Lipinski definition) is 1. The predicted octanol–water partition coefficient (Wildman–Crippen LogP) is 0.842. The Morgan fingerprint density at radius 3 is 2.83 bits per heavy atom. The van der Waals surface area contributed by atoms with Crippen molar-refractivity contribution < 1.29 is 14.2 Å². The van der Waals surface area contributed by atoms with Crippen LogP contribution in [0.1, 0.15) is 11.7 Å². The fraction of sp³-hybridized carbons (Fsp3) is 0.222. The number of nitro groups is 1. The summed E-state index contributed by atoms with van der Waals surface area (Å²) in [5.74, 6) is 0.712. The van der Waals surface area contributed by atoms with Gasteiger partial charge >= 0.3 is 5.69 Å². The molecule has 2 heterocycles. The number of nitrogen functional groups attached to an aromatic ring is 1. The number of nitrogens with two attached hydrogens (primary N) is 1. The summed E-state index contributed by atoms with van der Waals surface area (Å²) in [6.45, 7) is 1.69. The van der Waals surface area contributed by atoms with Crippen LogP contribution in [-0.2, 0) is 6.61 Å². The molecule has 0 fully saturated rings. The first kappa shape index (κ1) is 11.8. The molecule has 0 saturated carbocycles. The van der Waals surface area contributed by atoms with Gasteiger partial charge in [0.2, 0.25) is 11.7 Å². The summed E-state index contributed by atoms with van der Waals surface area (Å²) in [7, 11) is 0. The monoisotopic (exact) mass is 251 g/mol. The third kappa shape index (κ3) is 2.51. The number of ether oxygens (including phenoxy) is 1. The van der Waals surface area contributed by atoms with Gasteiger partial charge in [-0.3, -0.25) is 10.1 Å². The Labute approximate surface area is 101 Å². The second-order valence-electron chi connectivity index (χ2n) is 3.33. The van der Waals surface area contributed by atoms with Crippen LogP contribution < -0.4 is 10.5 Å². The molecule has 0 radical (unpaired) electrons. The number of aryl methyl sites for hydroxylation is 1. The van der Waals surface area contributed by atoms with Gasteiger partial charge in [-0.25, -0.2) is 0 Å². The lowest BCUT2D eigenvalue weighted by Crippen LogP contribution is -2.02. The van der Waals surface area contributed by atoms with E-state index in [1.807, 2.05) is 0 Å². The predicted molar refractivity (Wildman–Crippen MR) is 58.7 cm³/mol. The maximum atomic E-state index is 10.5. The van der Waals surface area contributed by atoms with Crippen molar-refractivity contribution in [3.63, 3.8) is 0 Å². The van der Waals surface area contributed by atoms with Gasteiger partial charge in [-0.15, -0.1) is 0 Å². The zero-order valence-corrected chi connectivity index (χ0v) is 9.36. The summed E-state index contributed by atoms with van der Waals surface area (Å²) in [4.78, 5) is 17.6. The van der Waals surface area contributed by atoms with E-state index in [9.17, 15) is 10.1 Å². The Morgan fingerprint density at radius 1 is 1.50 bits per heavy atom. The van der Waals surface area contributed by atoms with Crippen LogP contribution in [0.4, 0.5) is 11.5 Å². The van der Waals surface area contributed by atoms with Crippen LogP contribution in [-0.4, -0.2) is 20.0 Å². The maximum Gasteiger partial charge on any atom is 0.311 e. The molecule has 9 nitrogen and oxygen atoms in total. The second-order valence-corrected chi connectivity index (χ2v) is 3.33. The van der Waals surface area contributed by atoms with Gasteiger partial charge < -0.3 is 15.0 Å². The molecule has 0 aromatic carbocycles. The highest BCUT2D eigenvalue weighted by molar-refractivity contribution is 5.53. The molecule has 0 aliphatic carbocycles. The maximum absolute atomic E-state index is 10.5. The largest absolute Gasteiger partial charge is 0.467 e. The molecule has 2 N–H and O–H groups in total. The number of anilines is 1. The van der Waals surface area contributed by atoms with E-state index in [4.69, 9.17) is 15.0 Å². The first-order valence-electron chi connectivity index (χ1n) is 4.89. The van der Waals surface area contributed by atoms with Crippen LogP contribution in [0.3, 0.4) is 0 Å². The standard InChI is InChI=1S/C9H9N5O4/c1-5-11-8(18-13-5)4-17-7-3-2-6(14(15)16)9(10)12-7/h2-3H,4H2,1H3,(H2,10,12). The highest BCUT2D eigenvalue weighted by Crippen LogP contribution is 2.22. The summed E-state index contributed by atoms with van der Waals surface area (Å²) in [6.07, 6.45) is 0. The highest BCUT2D eigenvalue weighted by atomic mass is 16.6. The first-order valence-corrected chi connectivity index (χ1v) is 4.89. The van der Waals surface area contributed by atoms with Crippen LogP contribution in [0.25, 0.3) is 0 Å². The summed E-state index contributed by atoms with van der Waals surface area (Å²) in [5.41, 5.74) is 5.14. The molecule has 0 aliphatic heterocycles. The molecular weight excluding hydrogens is 242 g/mol. The molecule has 0 bridgehead atoms. The topological polar surface area (TPSA) is 130 Å². The van der Waals surface area contributed by atoms with Gasteiger partial charge in [-0.1, -0.05) is 5.16 Å². The van der Waals surface area contributed by atoms with Crippen LogP contribution in [0.2, 0.25) is 0 Å². The minimum Gasteiger partial charge on any atom is -0.467 e. The van der Waals surface area contributed by atoms with E-state index in [0.29, 0.717) is 5.82 Å². The average molecular weight is 251 g/mol. The van der Waals surface area contributed by atoms with Gasteiger partial charge in [-0.2, -0.15) is 9.97 Å². The Hall–Kier alpha value is -2.71. The molecule has 0 unspecified atom stereocenters. The van der Waals surface area contributed by atoms with Crippen molar-refractivity contribution in [3.8, 4) is 5.88 Å². The quantitative estimate of drug-likeness (QED) is 0.624. The van der Waals surface area contributed by atoms with E-state index < -0.39 is 4.92 Å². The van der Waals surface area contributed by atoms with E-state index >= 15 is 0 Å². The number of rotatable bonds is 4. The van der Waals surface area contributed by atoms with Gasteiger partial charge in [0.05, 0.1) is 4.92 Å². The number of aromatic nitrogens is 3. The molecule has 18 heavy (non-hydrogen) atoms. The second kappa shape index (κ2) is 4.65. The Morgan fingerprint density at radius 2 is 2.28 bits per heavy atom. The van der Waals surface area contributed by atoms with Crippen molar-refractivity contribution in [2.24, 2.45) is 0 Å². The Kier molecular flexibility index (Phi) is 3.04. The molecular formula is C9H9N5O4. The summed E-state index contributed by atoms with van der Waals surface area (Å²) < 4.78 is 10.0. The zero-order valence-electron chi connectivity index (χ0n) is 9.36. The molecule has 0 atom stereocenters. The van der Waals surface area contributed by atoms with Crippen molar-refractivity contribution in [2.75, 3.05) is 5.73 Å². The van der Waals surface area contributed by atoms with Gasteiger partial charge in [0.15, 0.2) is 12.4 Å². The van der Waals surface area contributed by atoms with Crippen LogP contribution in [0.15, 0.2) is 16.7 Å². The lowest BCUT2D eigenvalue weighted by atomic mass is 10.4. The first-order chi connectivity index (χ1) is 8.56. The molecule has 0 aliphatic rings. The SMILES string of the molecule is Cc1noc(COc2ccc([N+](=O)[O-])c(N)n2)n1.